The van der Waals surface area contributed by atoms with Crippen LogP contribution in [0.25, 0.3) is 10.2 Å². The molecule has 2 aromatic rings. The zero-order chi connectivity index (χ0) is 15.0. The number of pyridine rings is 1. The Morgan fingerprint density at radius 2 is 2.29 bits per heavy atom. The molecular weight excluding hydrogens is 282 g/mol. The van der Waals surface area contributed by atoms with Crippen molar-refractivity contribution in [3.63, 3.8) is 0 Å². The molecular formula is C16H21N3OS. The molecule has 1 saturated carbocycles. The second-order valence-corrected chi connectivity index (χ2v) is 7.16. The van der Waals surface area contributed by atoms with Crippen molar-refractivity contribution in [1.29, 1.82) is 0 Å². The van der Waals surface area contributed by atoms with Gasteiger partial charge in [0.15, 0.2) is 0 Å². The number of thiophene rings is 1. The van der Waals surface area contributed by atoms with E-state index in [0.29, 0.717) is 22.5 Å². The first-order valence-electron chi connectivity index (χ1n) is 7.52. The van der Waals surface area contributed by atoms with Crippen molar-refractivity contribution in [2.24, 2.45) is 5.92 Å². The predicted molar refractivity (Wildman–Crippen MR) is 87.5 cm³/mol. The number of fused-ring (bicyclic) bond motifs is 1. The zero-order valence-electron chi connectivity index (χ0n) is 12.5. The molecule has 1 aliphatic carbocycles. The molecule has 0 unspecified atom stereocenters. The van der Waals surface area contributed by atoms with Crippen molar-refractivity contribution in [2.75, 3.05) is 12.3 Å². The fraction of sp³-hybridized carbons (Fsp3) is 0.500. The van der Waals surface area contributed by atoms with Crippen LogP contribution in [0.1, 0.15) is 42.8 Å². The number of amides is 1. The van der Waals surface area contributed by atoms with Gasteiger partial charge in [0.2, 0.25) is 0 Å². The van der Waals surface area contributed by atoms with Crippen molar-refractivity contribution in [1.82, 2.24) is 9.88 Å². The van der Waals surface area contributed by atoms with Gasteiger partial charge in [-0.3, -0.25) is 9.78 Å². The van der Waals surface area contributed by atoms with Crippen molar-refractivity contribution in [2.45, 2.75) is 39.2 Å². The molecule has 3 rings (SSSR count). The highest BCUT2D eigenvalue weighted by Crippen LogP contribution is 2.36. The van der Waals surface area contributed by atoms with E-state index >= 15 is 0 Å². The van der Waals surface area contributed by atoms with Gasteiger partial charge >= 0.3 is 0 Å². The molecule has 0 bridgehead atoms. The SMILES string of the molecule is CC(C)CCN(C(=O)c1sc2cccnc2c1N)C1CC1. The summed E-state index contributed by atoms with van der Waals surface area (Å²) in [6.45, 7) is 5.20. The Morgan fingerprint density at radius 3 is 2.90 bits per heavy atom. The van der Waals surface area contributed by atoms with Crippen LogP contribution in [0.15, 0.2) is 18.3 Å². The van der Waals surface area contributed by atoms with Gasteiger partial charge in [0.05, 0.1) is 10.4 Å². The van der Waals surface area contributed by atoms with Gasteiger partial charge in [0, 0.05) is 18.8 Å². The van der Waals surface area contributed by atoms with E-state index < -0.39 is 0 Å². The van der Waals surface area contributed by atoms with Gasteiger partial charge in [-0.2, -0.15) is 0 Å². The molecule has 0 spiro atoms. The summed E-state index contributed by atoms with van der Waals surface area (Å²) in [4.78, 5) is 19.8. The molecule has 0 atom stereocenters. The van der Waals surface area contributed by atoms with Crippen molar-refractivity contribution in [3.05, 3.63) is 23.2 Å². The van der Waals surface area contributed by atoms with Crippen molar-refractivity contribution >= 4 is 33.1 Å². The largest absolute Gasteiger partial charge is 0.396 e. The third-order valence-corrected chi connectivity index (χ3v) is 5.02. The molecule has 0 aromatic carbocycles. The Bertz CT molecular complexity index is 661. The maximum atomic E-state index is 12.9. The smallest absolute Gasteiger partial charge is 0.266 e. The van der Waals surface area contributed by atoms with E-state index in [0.717, 1.165) is 36.0 Å². The summed E-state index contributed by atoms with van der Waals surface area (Å²) in [5.41, 5.74) is 7.45. The summed E-state index contributed by atoms with van der Waals surface area (Å²) in [7, 11) is 0. The molecule has 5 heteroatoms. The van der Waals surface area contributed by atoms with Crippen LogP contribution >= 0.6 is 11.3 Å². The van der Waals surface area contributed by atoms with Crippen molar-refractivity contribution in [3.8, 4) is 0 Å². The molecule has 1 amide bonds. The molecule has 2 aromatic heterocycles. The van der Waals surface area contributed by atoms with Gasteiger partial charge in [0.1, 0.15) is 10.4 Å². The second kappa shape index (κ2) is 5.64. The number of carbonyl (C=O) groups excluding carboxylic acids is 1. The van der Waals surface area contributed by atoms with E-state index in [-0.39, 0.29) is 5.91 Å². The first-order chi connectivity index (χ1) is 10.1. The molecule has 0 radical (unpaired) electrons. The lowest BCUT2D eigenvalue weighted by atomic mass is 10.1. The zero-order valence-corrected chi connectivity index (χ0v) is 13.3. The number of nitrogens with zero attached hydrogens (tertiary/aromatic N) is 2. The molecule has 0 aliphatic heterocycles. The van der Waals surface area contributed by atoms with Crippen molar-refractivity contribution < 1.29 is 4.79 Å². The molecule has 4 nitrogen and oxygen atoms in total. The van der Waals surface area contributed by atoms with Gasteiger partial charge in [-0.05, 0) is 37.3 Å². The molecule has 2 heterocycles. The van der Waals surface area contributed by atoms with Crippen LogP contribution in [-0.2, 0) is 0 Å². The van der Waals surface area contributed by atoms with Gasteiger partial charge in [0.25, 0.3) is 5.91 Å². The lowest BCUT2D eigenvalue weighted by Crippen LogP contribution is -2.34. The van der Waals surface area contributed by atoms with Crippen LogP contribution < -0.4 is 5.73 Å². The highest BCUT2D eigenvalue weighted by Gasteiger charge is 2.34. The van der Waals surface area contributed by atoms with Crippen LogP contribution in [0.5, 0.6) is 0 Å². The lowest BCUT2D eigenvalue weighted by Gasteiger charge is -2.23. The highest BCUT2D eigenvalue weighted by atomic mass is 32.1. The summed E-state index contributed by atoms with van der Waals surface area (Å²) in [6.07, 6.45) is 4.99. The third-order valence-electron chi connectivity index (χ3n) is 3.87. The standard InChI is InChI=1S/C16H21N3OS/c1-10(2)7-9-19(11-5-6-11)16(20)15-13(17)14-12(21-15)4-3-8-18-14/h3-4,8,10-11H,5-7,9,17H2,1-2H3. The first-order valence-corrected chi connectivity index (χ1v) is 8.33. The molecule has 21 heavy (non-hydrogen) atoms. The summed E-state index contributed by atoms with van der Waals surface area (Å²) in [5, 5.41) is 0. The van der Waals surface area contributed by atoms with Crippen LogP contribution in [0.4, 0.5) is 5.69 Å². The quantitative estimate of drug-likeness (QED) is 0.919. The molecule has 0 saturated heterocycles. The van der Waals surface area contributed by atoms with Gasteiger partial charge < -0.3 is 10.6 Å². The Kier molecular flexibility index (Phi) is 3.85. The van der Waals surface area contributed by atoms with E-state index in [9.17, 15) is 4.79 Å². The summed E-state index contributed by atoms with van der Waals surface area (Å²) in [5.74, 6) is 0.680. The summed E-state index contributed by atoms with van der Waals surface area (Å²) >= 11 is 1.46. The predicted octanol–water partition coefficient (Wildman–Crippen LogP) is 3.53. The maximum absolute atomic E-state index is 12.9. The number of aromatic nitrogens is 1. The maximum Gasteiger partial charge on any atom is 0.266 e. The van der Waals surface area contributed by atoms with Crippen LogP contribution in [-0.4, -0.2) is 28.4 Å². The van der Waals surface area contributed by atoms with E-state index in [1.165, 1.54) is 11.3 Å². The highest BCUT2D eigenvalue weighted by molar-refractivity contribution is 7.21. The monoisotopic (exact) mass is 303 g/mol. The number of nitrogens with two attached hydrogens (primary N) is 1. The number of anilines is 1. The van der Waals surface area contributed by atoms with Crippen LogP contribution in [0.2, 0.25) is 0 Å². The average Bonchev–Trinajstić information content (AvgIpc) is 3.23. The number of nitrogen functional groups attached to an aromatic ring is 1. The molecule has 1 aliphatic rings. The summed E-state index contributed by atoms with van der Waals surface area (Å²) in [6, 6.07) is 4.26. The number of hydrogen-bond acceptors (Lipinski definition) is 4. The van der Waals surface area contributed by atoms with Crippen LogP contribution in [0.3, 0.4) is 0 Å². The van der Waals surface area contributed by atoms with Gasteiger partial charge in [-0.25, -0.2) is 0 Å². The summed E-state index contributed by atoms with van der Waals surface area (Å²) < 4.78 is 0.984. The third kappa shape index (κ3) is 2.88. The second-order valence-electron chi connectivity index (χ2n) is 6.11. The van der Waals surface area contributed by atoms with Crippen LogP contribution in [0, 0.1) is 5.92 Å². The fourth-order valence-electron chi connectivity index (χ4n) is 2.47. The van der Waals surface area contributed by atoms with E-state index in [4.69, 9.17) is 5.73 Å². The fourth-order valence-corrected chi connectivity index (χ4v) is 3.51. The van der Waals surface area contributed by atoms with Gasteiger partial charge in [-0.1, -0.05) is 13.8 Å². The van der Waals surface area contributed by atoms with E-state index in [1.807, 2.05) is 17.0 Å². The Labute approximate surface area is 129 Å². The molecule has 2 N–H and O–H groups in total. The Balaban J connectivity index is 1.88. The minimum atomic E-state index is 0.0821. The minimum absolute atomic E-state index is 0.0821. The van der Waals surface area contributed by atoms with E-state index in [2.05, 4.69) is 18.8 Å². The Morgan fingerprint density at radius 1 is 1.52 bits per heavy atom. The Hall–Kier alpha value is -1.62. The van der Waals surface area contributed by atoms with Gasteiger partial charge in [-0.15, -0.1) is 11.3 Å². The normalized spacial score (nSPS) is 14.8. The molecule has 1 fully saturated rings. The average molecular weight is 303 g/mol. The van der Waals surface area contributed by atoms with E-state index in [1.54, 1.807) is 6.20 Å². The first kappa shape index (κ1) is 14.3. The minimum Gasteiger partial charge on any atom is -0.396 e. The number of hydrogen-bond donors (Lipinski definition) is 1. The number of rotatable bonds is 5. The molecule has 112 valence electrons. The topological polar surface area (TPSA) is 59.2 Å². The lowest BCUT2D eigenvalue weighted by molar-refractivity contribution is 0.0741. The number of carbonyl (C=O) groups is 1.